The molecule has 3 heteroatoms. The van der Waals surface area contributed by atoms with Crippen molar-refractivity contribution in [3.05, 3.63) is 0 Å². The lowest BCUT2D eigenvalue weighted by molar-refractivity contribution is -0.153. The van der Waals surface area contributed by atoms with Gasteiger partial charge in [0.05, 0.1) is 19.3 Å². The van der Waals surface area contributed by atoms with Crippen LogP contribution in [0.15, 0.2) is 0 Å². The third-order valence-electron chi connectivity index (χ3n) is 4.54. The molecule has 3 atom stereocenters. The van der Waals surface area contributed by atoms with Crippen LogP contribution in [0.5, 0.6) is 0 Å². The van der Waals surface area contributed by atoms with Gasteiger partial charge in [-0.1, -0.05) is 34.6 Å². The maximum atomic E-state index is 6.27. The van der Waals surface area contributed by atoms with Gasteiger partial charge in [0.2, 0.25) is 0 Å². The molecule has 1 rings (SSSR count). The fourth-order valence-electron chi connectivity index (χ4n) is 3.38. The number of hydrogen-bond donors (Lipinski definition) is 1. The smallest absolute Gasteiger partial charge is 0.0704 e. The highest BCUT2D eigenvalue weighted by atomic mass is 16.5. The predicted octanol–water partition coefficient (Wildman–Crippen LogP) is 2.44. The van der Waals surface area contributed by atoms with Crippen molar-refractivity contribution >= 4 is 0 Å². The monoisotopic (exact) mass is 243 g/mol. The molecule has 0 aromatic rings. The van der Waals surface area contributed by atoms with E-state index in [2.05, 4.69) is 34.6 Å². The highest BCUT2D eigenvalue weighted by molar-refractivity contribution is 5.02. The Morgan fingerprint density at radius 3 is 2.29 bits per heavy atom. The van der Waals surface area contributed by atoms with E-state index in [4.69, 9.17) is 15.2 Å². The average Bonchev–Trinajstić information content (AvgIpc) is 2.20. The first-order chi connectivity index (χ1) is 7.73. The first-order valence-corrected chi connectivity index (χ1v) is 6.59. The zero-order valence-electron chi connectivity index (χ0n) is 12.2. The van der Waals surface area contributed by atoms with Gasteiger partial charge in [-0.05, 0) is 23.2 Å². The summed E-state index contributed by atoms with van der Waals surface area (Å²) in [7, 11) is 1.71. The first-order valence-electron chi connectivity index (χ1n) is 6.59. The van der Waals surface area contributed by atoms with E-state index in [1.807, 2.05) is 0 Å². The quantitative estimate of drug-likeness (QED) is 0.771. The standard InChI is InChI=1S/C14H29NO2/c1-10-11(15)9-13(2,3)12(14(10,4)5)17-8-7-16-6/h10-12H,7-9,15H2,1-6H3. The summed E-state index contributed by atoms with van der Waals surface area (Å²) in [5.74, 6) is 0.475. The number of ether oxygens (including phenoxy) is 2. The predicted molar refractivity (Wildman–Crippen MR) is 70.9 cm³/mol. The number of rotatable bonds is 4. The van der Waals surface area contributed by atoms with Crippen molar-refractivity contribution in [3.8, 4) is 0 Å². The fraction of sp³-hybridized carbons (Fsp3) is 1.00. The second-order valence-corrected chi connectivity index (χ2v) is 6.71. The molecule has 1 aliphatic rings. The van der Waals surface area contributed by atoms with Crippen molar-refractivity contribution in [2.24, 2.45) is 22.5 Å². The van der Waals surface area contributed by atoms with Crippen molar-refractivity contribution in [1.82, 2.24) is 0 Å². The topological polar surface area (TPSA) is 44.5 Å². The molecule has 0 aromatic heterocycles. The van der Waals surface area contributed by atoms with Gasteiger partial charge in [0.1, 0.15) is 0 Å². The van der Waals surface area contributed by atoms with Gasteiger partial charge in [-0.15, -0.1) is 0 Å². The maximum absolute atomic E-state index is 6.27. The zero-order chi connectivity index (χ0) is 13.3. The van der Waals surface area contributed by atoms with E-state index in [9.17, 15) is 0 Å². The van der Waals surface area contributed by atoms with Gasteiger partial charge in [-0.3, -0.25) is 0 Å². The minimum absolute atomic E-state index is 0.106. The van der Waals surface area contributed by atoms with Gasteiger partial charge in [0.25, 0.3) is 0 Å². The van der Waals surface area contributed by atoms with E-state index in [1.165, 1.54) is 0 Å². The Balaban J connectivity index is 2.81. The summed E-state index contributed by atoms with van der Waals surface area (Å²) in [4.78, 5) is 0. The highest BCUT2D eigenvalue weighted by Crippen LogP contribution is 2.50. The van der Waals surface area contributed by atoms with Crippen LogP contribution in [0.1, 0.15) is 41.0 Å². The molecule has 0 aromatic carbocycles. The summed E-state index contributed by atoms with van der Waals surface area (Å²) in [6.45, 7) is 12.6. The Morgan fingerprint density at radius 2 is 1.76 bits per heavy atom. The molecule has 3 nitrogen and oxygen atoms in total. The Bertz CT molecular complexity index is 251. The molecule has 1 aliphatic carbocycles. The van der Waals surface area contributed by atoms with E-state index >= 15 is 0 Å². The summed E-state index contributed by atoms with van der Waals surface area (Å²) in [5.41, 5.74) is 6.50. The minimum atomic E-state index is 0.106. The highest BCUT2D eigenvalue weighted by Gasteiger charge is 2.51. The van der Waals surface area contributed by atoms with Crippen LogP contribution < -0.4 is 5.73 Å². The lowest BCUT2D eigenvalue weighted by Gasteiger charge is -2.54. The molecular weight excluding hydrogens is 214 g/mol. The van der Waals surface area contributed by atoms with Gasteiger partial charge in [-0.25, -0.2) is 0 Å². The molecule has 0 aliphatic heterocycles. The van der Waals surface area contributed by atoms with Crippen LogP contribution in [0, 0.1) is 16.7 Å². The molecule has 102 valence electrons. The Kier molecular flexibility index (Phi) is 4.61. The molecule has 3 unspecified atom stereocenters. The molecule has 0 heterocycles. The van der Waals surface area contributed by atoms with Crippen LogP contribution in [0.3, 0.4) is 0 Å². The maximum Gasteiger partial charge on any atom is 0.0704 e. The molecule has 0 saturated heterocycles. The summed E-state index contributed by atoms with van der Waals surface area (Å²) in [5, 5.41) is 0. The van der Waals surface area contributed by atoms with Crippen molar-refractivity contribution < 1.29 is 9.47 Å². The fourth-order valence-corrected chi connectivity index (χ4v) is 3.38. The van der Waals surface area contributed by atoms with Crippen LogP contribution >= 0.6 is 0 Å². The largest absolute Gasteiger partial charge is 0.382 e. The molecule has 1 fully saturated rings. The van der Waals surface area contributed by atoms with E-state index < -0.39 is 0 Å². The molecular formula is C14H29NO2. The molecule has 17 heavy (non-hydrogen) atoms. The number of nitrogens with two attached hydrogens (primary N) is 1. The summed E-state index contributed by atoms with van der Waals surface area (Å²) in [6.07, 6.45) is 1.26. The first kappa shape index (κ1) is 14.9. The molecule has 2 N–H and O–H groups in total. The van der Waals surface area contributed by atoms with Crippen molar-refractivity contribution in [1.29, 1.82) is 0 Å². The molecule has 0 bridgehead atoms. The van der Waals surface area contributed by atoms with Crippen LogP contribution in [-0.4, -0.2) is 32.5 Å². The molecule has 0 amide bonds. The summed E-state index contributed by atoms with van der Waals surface area (Å²) >= 11 is 0. The normalized spacial score (nSPS) is 35.8. The van der Waals surface area contributed by atoms with Crippen LogP contribution in [-0.2, 0) is 9.47 Å². The third-order valence-corrected chi connectivity index (χ3v) is 4.54. The molecule has 1 saturated carbocycles. The van der Waals surface area contributed by atoms with Crippen molar-refractivity contribution in [2.45, 2.75) is 53.2 Å². The second kappa shape index (κ2) is 5.25. The molecule has 0 radical (unpaired) electrons. The van der Waals surface area contributed by atoms with Gasteiger partial charge < -0.3 is 15.2 Å². The lowest BCUT2D eigenvalue weighted by atomic mass is 9.56. The summed E-state index contributed by atoms with van der Waals surface area (Å²) < 4.78 is 11.2. The van der Waals surface area contributed by atoms with Crippen molar-refractivity contribution in [2.75, 3.05) is 20.3 Å². The summed E-state index contributed by atoms with van der Waals surface area (Å²) in [6, 6.07) is 0.266. The Hall–Kier alpha value is -0.120. The van der Waals surface area contributed by atoms with Gasteiger partial charge in [-0.2, -0.15) is 0 Å². The SMILES string of the molecule is COCCOC1C(C)(C)CC(N)C(C)C1(C)C. The third kappa shape index (κ3) is 3.01. The number of hydrogen-bond acceptors (Lipinski definition) is 3. The second-order valence-electron chi connectivity index (χ2n) is 6.71. The van der Waals surface area contributed by atoms with E-state index in [0.717, 1.165) is 6.42 Å². The average molecular weight is 243 g/mol. The molecule has 0 spiro atoms. The van der Waals surface area contributed by atoms with E-state index in [1.54, 1.807) is 7.11 Å². The Morgan fingerprint density at radius 1 is 1.18 bits per heavy atom. The van der Waals surface area contributed by atoms with Gasteiger partial charge in [0.15, 0.2) is 0 Å². The Labute approximate surface area is 106 Å². The van der Waals surface area contributed by atoms with Crippen LogP contribution in [0.2, 0.25) is 0 Å². The number of methoxy groups -OCH3 is 1. The van der Waals surface area contributed by atoms with E-state index in [-0.39, 0.29) is 23.0 Å². The lowest BCUT2D eigenvalue weighted by Crippen LogP contribution is -2.58. The van der Waals surface area contributed by atoms with Crippen molar-refractivity contribution in [3.63, 3.8) is 0 Å². The van der Waals surface area contributed by atoms with Crippen LogP contribution in [0.4, 0.5) is 0 Å². The van der Waals surface area contributed by atoms with Gasteiger partial charge >= 0.3 is 0 Å². The van der Waals surface area contributed by atoms with Crippen LogP contribution in [0.25, 0.3) is 0 Å². The van der Waals surface area contributed by atoms with Gasteiger partial charge in [0, 0.05) is 13.2 Å². The zero-order valence-corrected chi connectivity index (χ0v) is 12.2. The minimum Gasteiger partial charge on any atom is -0.382 e. The van der Waals surface area contributed by atoms with E-state index in [0.29, 0.717) is 19.1 Å².